The molecule has 1 unspecified atom stereocenters. The third kappa shape index (κ3) is 3.01. The molecule has 0 spiro atoms. The van der Waals surface area contributed by atoms with Crippen LogP contribution in [-0.4, -0.2) is 30.3 Å². The van der Waals surface area contributed by atoms with Gasteiger partial charge in [0.1, 0.15) is 11.0 Å². The molecule has 1 rings (SSSR count). The van der Waals surface area contributed by atoms with E-state index in [4.69, 9.17) is 10.9 Å². The third-order valence-corrected chi connectivity index (χ3v) is 5.03. The summed E-state index contributed by atoms with van der Waals surface area (Å²) >= 11 is 0. The van der Waals surface area contributed by atoms with Gasteiger partial charge in [-0.1, -0.05) is 31.1 Å². The van der Waals surface area contributed by atoms with E-state index in [1.165, 1.54) is 0 Å². The maximum atomic E-state index is 12.0. The first-order valence-corrected chi connectivity index (χ1v) is 7.47. The van der Waals surface area contributed by atoms with Crippen molar-refractivity contribution in [1.82, 2.24) is 0 Å². The molecule has 1 aromatic carbocycles. The largest absolute Gasteiger partial charge is 0.411 e. The van der Waals surface area contributed by atoms with Crippen molar-refractivity contribution in [1.29, 1.82) is 0 Å². The van der Waals surface area contributed by atoms with Crippen LogP contribution in [0.2, 0.25) is 0 Å². The molecule has 5 nitrogen and oxygen atoms in total. The summed E-state index contributed by atoms with van der Waals surface area (Å²) < 4.78 is 23.9. The standard InChI is InChI=1S/C12H18N2O3S/c1-3-11(18(16,17)4-2)12(14-15)9-6-5-7-10(13)8-9/h5-8,11,15H,3-4,13H2,1-2H3/b14-12+. The van der Waals surface area contributed by atoms with E-state index in [1.54, 1.807) is 38.1 Å². The lowest BCUT2D eigenvalue weighted by Gasteiger charge is -2.16. The predicted molar refractivity (Wildman–Crippen MR) is 72.7 cm³/mol. The summed E-state index contributed by atoms with van der Waals surface area (Å²) in [6, 6.07) is 6.66. The van der Waals surface area contributed by atoms with Gasteiger partial charge in [-0.2, -0.15) is 0 Å². The van der Waals surface area contributed by atoms with E-state index in [0.717, 1.165) is 0 Å². The SMILES string of the molecule is CCC(/C(=N/O)c1cccc(N)c1)S(=O)(=O)CC. The van der Waals surface area contributed by atoms with Crippen molar-refractivity contribution in [3.63, 3.8) is 0 Å². The number of oxime groups is 1. The van der Waals surface area contributed by atoms with E-state index >= 15 is 0 Å². The third-order valence-electron chi connectivity index (χ3n) is 2.80. The first kappa shape index (κ1) is 14.5. The Bertz CT molecular complexity index is 538. The van der Waals surface area contributed by atoms with E-state index in [-0.39, 0.29) is 11.5 Å². The average Bonchev–Trinajstić information content (AvgIpc) is 2.35. The number of hydrogen-bond acceptors (Lipinski definition) is 5. The quantitative estimate of drug-likeness (QED) is 0.368. The van der Waals surface area contributed by atoms with Gasteiger partial charge in [-0.05, 0) is 18.6 Å². The lowest BCUT2D eigenvalue weighted by Crippen LogP contribution is -2.32. The highest BCUT2D eigenvalue weighted by Gasteiger charge is 2.28. The normalized spacial score (nSPS) is 14.4. The van der Waals surface area contributed by atoms with Gasteiger partial charge < -0.3 is 10.9 Å². The topological polar surface area (TPSA) is 92.8 Å². The molecule has 0 aromatic heterocycles. The Morgan fingerprint density at radius 3 is 2.56 bits per heavy atom. The number of sulfone groups is 1. The number of rotatable bonds is 5. The summed E-state index contributed by atoms with van der Waals surface area (Å²) in [7, 11) is -3.31. The lowest BCUT2D eigenvalue weighted by atomic mass is 10.1. The minimum Gasteiger partial charge on any atom is -0.411 e. The Morgan fingerprint density at radius 2 is 2.11 bits per heavy atom. The van der Waals surface area contributed by atoms with Crippen LogP contribution in [0.5, 0.6) is 0 Å². The fraction of sp³-hybridized carbons (Fsp3) is 0.417. The highest BCUT2D eigenvalue weighted by molar-refractivity contribution is 7.92. The zero-order valence-electron chi connectivity index (χ0n) is 10.5. The molecule has 6 heteroatoms. The molecule has 18 heavy (non-hydrogen) atoms. The Labute approximate surface area is 107 Å². The van der Waals surface area contributed by atoms with Crippen molar-refractivity contribution >= 4 is 21.2 Å². The molecule has 0 aliphatic heterocycles. The van der Waals surface area contributed by atoms with Gasteiger partial charge >= 0.3 is 0 Å². The summed E-state index contributed by atoms with van der Waals surface area (Å²) in [4.78, 5) is 0. The second-order valence-corrected chi connectivity index (χ2v) is 6.43. The van der Waals surface area contributed by atoms with Gasteiger partial charge in [0, 0.05) is 17.0 Å². The number of anilines is 1. The molecular weight excluding hydrogens is 252 g/mol. The second-order valence-electron chi connectivity index (χ2n) is 3.96. The van der Waals surface area contributed by atoms with Gasteiger partial charge in [0.2, 0.25) is 0 Å². The predicted octanol–water partition coefficient (Wildman–Crippen LogP) is 1.66. The van der Waals surface area contributed by atoms with Crippen molar-refractivity contribution in [3.8, 4) is 0 Å². The van der Waals surface area contributed by atoms with Crippen LogP contribution in [0.1, 0.15) is 25.8 Å². The van der Waals surface area contributed by atoms with Gasteiger partial charge in [0.05, 0.1) is 0 Å². The van der Waals surface area contributed by atoms with Crippen LogP contribution < -0.4 is 5.73 Å². The summed E-state index contributed by atoms with van der Waals surface area (Å²) in [5.41, 5.74) is 6.82. The first-order chi connectivity index (χ1) is 8.46. The first-order valence-electron chi connectivity index (χ1n) is 5.75. The van der Waals surface area contributed by atoms with Crippen molar-refractivity contribution in [2.45, 2.75) is 25.5 Å². The van der Waals surface area contributed by atoms with Crippen LogP contribution in [0.3, 0.4) is 0 Å². The van der Waals surface area contributed by atoms with Gasteiger partial charge in [0.15, 0.2) is 9.84 Å². The van der Waals surface area contributed by atoms with Crippen molar-refractivity contribution in [2.24, 2.45) is 5.16 Å². The molecule has 1 atom stereocenters. The molecule has 0 heterocycles. The highest BCUT2D eigenvalue weighted by atomic mass is 32.2. The fourth-order valence-corrected chi connectivity index (χ4v) is 3.26. The molecule has 0 saturated carbocycles. The molecule has 0 bridgehead atoms. The van der Waals surface area contributed by atoms with Crippen molar-refractivity contribution in [3.05, 3.63) is 29.8 Å². The summed E-state index contributed by atoms with van der Waals surface area (Å²) in [5.74, 6) is 0.00679. The van der Waals surface area contributed by atoms with Crippen LogP contribution in [0.4, 0.5) is 5.69 Å². The molecule has 0 aliphatic rings. The summed E-state index contributed by atoms with van der Waals surface area (Å²) in [6.45, 7) is 3.32. The van der Waals surface area contributed by atoms with E-state index in [0.29, 0.717) is 17.7 Å². The minimum absolute atomic E-state index is 0.00679. The smallest absolute Gasteiger partial charge is 0.158 e. The molecule has 0 amide bonds. The number of nitrogens with two attached hydrogens (primary N) is 1. The van der Waals surface area contributed by atoms with Gasteiger partial charge in [-0.25, -0.2) is 8.42 Å². The summed E-state index contributed by atoms with van der Waals surface area (Å²) in [5, 5.41) is 11.5. The summed E-state index contributed by atoms with van der Waals surface area (Å²) in [6.07, 6.45) is 0.352. The van der Waals surface area contributed by atoms with Crippen LogP contribution in [0.25, 0.3) is 0 Å². The molecule has 1 aromatic rings. The lowest BCUT2D eigenvalue weighted by molar-refractivity contribution is 0.318. The zero-order valence-corrected chi connectivity index (χ0v) is 11.3. The Hall–Kier alpha value is -1.56. The number of hydrogen-bond donors (Lipinski definition) is 2. The van der Waals surface area contributed by atoms with Gasteiger partial charge in [-0.15, -0.1) is 0 Å². The molecule has 3 N–H and O–H groups in total. The molecule has 0 aliphatic carbocycles. The Morgan fingerprint density at radius 1 is 1.44 bits per heavy atom. The van der Waals surface area contributed by atoms with Gasteiger partial charge in [0.25, 0.3) is 0 Å². The molecule has 0 fully saturated rings. The average molecular weight is 270 g/mol. The van der Waals surface area contributed by atoms with E-state index in [2.05, 4.69) is 5.16 Å². The Kier molecular flexibility index (Phi) is 4.72. The number of benzene rings is 1. The Balaban J connectivity index is 3.26. The van der Waals surface area contributed by atoms with Crippen molar-refractivity contribution < 1.29 is 13.6 Å². The fourth-order valence-electron chi connectivity index (χ4n) is 1.82. The molecule has 0 saturated heterocycles. The van der Waals surface area contributed by atoms with Crippen LogP contribution in [0, 0.1) is 0 Å². The maximum Gasteiger partial charge on any atom is 0.158 e. The van der Waals surface area contributed by atoms with E-state index in [9.17, 15) is 8.42 Å². The van der Waals surface area contributed by atoms with Crippen LogP contribution in [-0.2, 0) is 9.84 Å². The van der Waals surface area contributed by atoms with E-state index < -0.39 is 15.1 Å². The zero-order chi connectivity index (χ0) is 13.8. The highest BCUT2D eigenvalue weighted by Crippen LogP contribution is 2.17. The molecule has 0 radical (unpaired) electrons. The maximum absolute atomic E-state index is 12.0. The molecule has 100 valence electrons. The number of nitrogens with zero attached hydrogens (tertiary/aromatic N) is 1. The second kappa shape index (κ2) is 5.86. The van der Waals surface area contributed by atoms with E-state index in [1.807, 2.05) is 0 Å². The van der Waals surface area contributed by atoms with Crippen LogP contribution >= 0.6 is 0 Å². The van der Waals surface area contributed by atoms with Crippen molar-refractivity contribution in [2.75, 3.05) is 11.5 Å². The monoisotopic (exact) mass is 270 g/mol. The molecular formula is C12H18N2O3S. The van der Waals surface area contributed by atoms with Crippen LogP contribution in [0.15, 0.2) is 29.4 Å². The minimum atomic E-state index is -3.31. The number of nitrogen functional groups attached to an aromatic ring is 1. The van der Waals surface area contributed by atoms with Gasteiger partial charge in [-0.3, -0.25) is 0 Å².